The van der Waals surface area contributed by atoms with E-state index in [1.807, 2.05) is 12.3 Å². The van der Waals surface area contributed by atoms with Crippen molar-refractivity contribution in [1.29, 1.82) is 0 Å². The maximum atomic E-state index is 4.21. The van der Waals surface area contributed by atoms with Crippen LogP contribution in [0.5, 0.6) is 0 Å². The molecule has 0 unspecified atom stereocenters. The Morgan fingerprint density at radius 1 is 1.38 bits per heavy atom. The van der Waals surface area contributed by atoms with Crippen molar-refractivity contribution in [1.82, 2.24) is 9.88 Å². The normalized spacial score (nSPS) is 17.9. The van der Waals surface area contributed by atoms with Crippen molar-refractivity contribution in [3.05, 3.63) is 28.5 Å². The Hall–Kier alpha value is -0.410. The highest BCUT2D eigenvalue weighted by molar-refractivity contribution is 9.10. The fraction of sp³-hybridized carbons (Fsp3) is 0.500. The Morgan fingerprint density at radius 2 is 2.15 bits per heavy atom. The molecule has 0 bridgehead atoms. The van der Waals surface area contributed by atoms with Crippen molar-refractivity contribution < 1.29 is 0 Å². The maximum Gasteiger partial charge on any atom is 0.110 e. The molecular weight excluding hydrogens is 228 g/mol. The highest BCUT2D eigenvalue weighted by Gasteiger charge is 2.12. The third kappa shape index (κ3) is 2.29. The highest BCUT2D eigenvalue weighted by atomic mass is 79.9. The lowest BCUT2D eigenvalue weighted by Crippen LogP contribution is -2.18. The lowest BCUT2D eigenvalue weighted by molar-refractivity contribution is 0.330. The van der Waals surface area contributed by atoms with Gasteiger partial charge in [-0.15, -0.1) is 0 Å². The monoisotopic (exact) mass is 240 g/mol. The number of hydrogen-bond donors (Lipinski definition) is 0. The Bertz CT molecular complexity index is 282. The van der Waals surface area contributed by atoms with Gasteiger partial charge >= 0.3 is 0 Å². The molecule has 1 aliphatic rings. The molecule has 2 rings (SSSR count). The summed E-state index contributed by atoms with van der Waals surface area (Å²) in [6.45, 7) is 3.51. The smallest absolute Gasteiger partial charge is 0.110 e. The van der Waals surface area contributed by atoms with Gasteiger partial charge in [0.25, 0.3) is 0 Å². The summed E-state index contributed by atoms with van der Waals surface area (Å²) >= 11 is 3.47. The number of likely N-dealkylation sites (tertiary alicyclic amines) is 1. The summed E-state index contributed by atoms with van der Waals surface area (Å²) < 4.78 is 0.988. The summed E-state index contributed by atoms with van der Waals surface area (Å²) in [5, 5.41) is 0. The zero-order valence-corrected chi connectivity index (χ0v) is 9.13. The van der Waals surface area contributed by atoms with Gasteiger partial charge in [-0.3, -0.25) is 4.90 Å². The van der Waals surface area contributed by atoms with Crippen LogP contribution in [0.2, 0.25) is 0 Å². The minimum absolute atomic E-state index is 0.988. The lowest BCUT2D eigenvalue weighted by Gasteiger charge is -2.14. The van der Waals surface area contributed by atoms with E-state index >= 15 is 0 Å². The number of hydrogen-bond acceptors (Lipinski definition) is 2. The van der Waals surface area contributed by atoms with Crippen LogP contribution in [0.25, 0.3) is 0 Å². The zero-order valence-electron chi connectivity index (χ0n) is 7.54. The summed E-state index contributed by atoms with van der Waals surface area (Å²) in [5.74, 6) is 0. The Morgan fingerprint density at radius 3 is 2.85 bits per heavy atom. The molecule has 13 heavy (non-hydrogen) atoms. The summed E-state index contributed by atoms with van der Waals surface area (Å²) in [5.41, 5.74) is 1.30. The first-order valence-corrected chi connectivity index (χ1v) is 5.47. The first-order valence-electron chi connectivity index (χ1n) is 4.68. The largest absolute Gasteiger partial charge is 0.299 e. The van der Waals surface area contributed by atoms with Gasteiger partial charge in [0.05, 0.1) is 0 Å². The molecular formula is C10H13BrN2. The Labute approximate surface area is 87.1 Å². The van der Waals surface area contributed by atoms with Gasteiger partial charge in [0, 0.05) is 12.7 Å². The van der Waals surface area contributed by atoms with E-state index < -0.39 is 0 Å². The van der Waals surface area contributed by atoms with Crippen LogP contribution in [0.15, 0.2) is 22.9 Å². The van der Waals surface area contributed by atoms with E-state index in [0.717, 1.165) is 11.1 Å². The minimum atomic E-state index is 0.988. The van der Waals surface area contributed by atoms with E-state index in [4.69, 9.17) is 0 Å². The first kappa shape index (κ1) is 9.16. The molecule has 0 spiro atoms. The number of rotatable bonds is 2. The molecule has 0 N–H and O–H groups in total. The van der Waals surface area contributed by atoms with E-state index in [1.165, 1.54) is 31.5 Å². The van der Waals surface area contributed by atoms with Gasteiger partial charge in [0.1, 0.15) is 4.60 Å². The highest BCUT2D eigenvalue weighted by Crippen LogP contribution is 2.17. The molecule has 1 aliphatic heterocycles. The summed E-state index contributed by atoms with van der Waals surface area (Å²) in [6.07, 6.45) is 4.51. The van der Waals surface area contributed by atoms with Crippen LogP contribution in [-0.2, 0) is 6.54 Å². The van der Waals surface area contributed by atoms with Crippen molar-refractivity contribution >= 4 is 15.9 Å². The van der Waals surface area contributed by atoms with E-state index in [-0.39, 0.29) is 0 Å². The quantitative estimate of drug-likeness (QED) is 0.739. The second kappa shape index (κ2) is 4.20. The fourth-order valence-electron chi connectivity index (χ4n) is 1.72. The standard InChI is InChI=1S/C10H13BrN2/c11-10-9(4-3-5-12-10)8-13-6-1-2-7-13/h3-5H,1-2,6-8H2. The van der Waals surface area contributed by atoms with Crippen molar-refractivity contribution in [3.8, 4) is 0 Å². The van der Waals surface area contributed by atoms with Gasteiger partial charge in [-0.05, 0) is 53.5 Å². The van der Waals surface area contributed by atoms with Crippen LogP contribution in [0, 0.1) is 0 Å². The van der Waals surface area contributed by atoms with Gasteiger partial charge in [0.2, 0.25) is 0 Å². The van der Waals surface area contributed by atoms with Crippen LogP contribution >= 0.6 is 15.9 Å². The van der Waals surface area contributed by atoms with Gasteiger partial charge in [0.15, 0.2) is 0 Å². The van der Waals surface area contributed by atoms with Crippen molar-refractivity contribution in [3.63, 3.8) is 0 Å². The van der Waals surface area contributed by atoms with E-state index in [2.05, 4.69) is 31.9 Å². The molecule has 0 atom stereocenters. The fourth-order valence-corrected chi connectivity index (χ4v) is 2.09. The number of halogens is 1. The molecule has 2 heterocycles. The van der Waals surface area contributed by atoms with E-state index in [0.29, 0.717) is 0 Å². The molecule has 1 saturated heterocycles. The second-order valence-electron chi connectivity index (χ2n) is 3.44. The second-order valence-corrected chi connectivity index (χ2v) is 4.19. The van der Waals surface area contributed by atoms with Crippen molar-refractivity contribution in [2.75, 3.05) is 13.1 Å². The van der Waals surface area contributed by atoms with E-state index in [1.54, 1.807) is 0 Å². The summed E-state index contributed by atoms with van der Waals surface area (Å²) in [7, 11) is 0. The van der Waals surface area contributed by atoms with Crippen LogP contribution in [0.3, 0.4) is 0 Å². The first-order chi connectivity index (χ1) is 6.36. The predicted molar refractivity (Wildman–Crippen MR) is 56.4 cm³/mol. The molecule has 0 saturated carbocycles. The van der Waals surface area contributed by atoms with Crippen LogP contribution in [0.4, 0.5) is 0 Å². The third-order valence-corrected chi connectivity index (χ3v) is 3.14. The molecule has 2 nitrogen and oxygen atoms in total. The lowest BCUT2D eigenvalue weighted by atomic mass is 10.3. The molecule has 70 valence electrons. The number of nitrogens with zero attached hydrogens (tertiary/aromatic N) is 2. The van der Waals surface area contributed by atoms with Crippen molar-refractivity contribution in [2.45, 2.75) is 19.4 Å². The molecule has 0 aliphatic carbocycles. The van der Waals surface area contributed by atoms with Crippen molar-refractivity contribution in [2.24, 2.45) is 0 Å². The number of pyridine rings is 1. The molecule has 0 radical (unpaired) electrons. The average Bonchev–Trinajstić information content (AvgIpc) is 2.61. The van der Waals surface area contributed by atoms with Gasteiger partial charge in [-0.25, -0.2) is 4.98 Å². The Balaban J connectivity index is 2.04. The van der Waals surface area contributed by atoms with Crippen LogP contribution in [-0.4, -0.2) is 23.0 Å². The SMILES string of the molecule is Brc1ncccc1CN1CCCC1. The van der Waals surface area contributed by atoms with Crippen LogP contribution in [0.1, 0.15) is 18.4 Å². The molecule has 0 aromatic carbocycles. The van der Waals surface area contributed by atoms with Gasteiger partial charge in [-0.2, -0.15) is 0 Å². The molecule has 1 fully saturated rings. The third-order valence-electron chi connectivity index (χ3n) is 2.43. The average molecular weight is 241 g/mol. The molecule has 1 aromatic heterocycles. The topological polar surface area (TPSA) is 16.1 Å². The molecule has 0 amide bonds. The number of aromatic nitrogens is 1. The Kier molecular flexibility index (Phi) is 2.96. The van der Waals surface area contributed by atoms with E-state index in [9.17, 15) is 0 Å². The van der Waals surface area contributed by atoms with Gasteiger partial charge in [-0.1, -0.05) is 6.07 Å². The molecule has 1 aromatic rings. The summed E-state index contributed by atoms with van der Waals surface area (Å²) in [6, 6.07) is 4.13. The predicted octanol–water partition coefficient (Wildman–Crippen LogP) is 2.44. The van der Waals surface area contributed by atoms with Gasteiger partial charge < -0.3 is 0 Å². The van der Waals surface area contributed by atoms with Crippen LogP contribution < -0.4 is 0 Å². The zero-order chi connectivity index (χ0) is 9.10. The maximum absolute atomic E-state index is 4.21. The minimum Gasteiger partial charge on any atom is -0.299 e. The molecule has 3 heteroatoms. The summed E-state index contributed by atoms with van der Waals surface area (Å²) in [4.78, 5) is 6.69.